The Morgan fingerprint density at radius 3 is 2.50 bits per heavy atom. The summed E-state index contributed by atoms with van der Waals surface area (Å²) in [5, 5.41) is 9.82. The van der Waals surface area contributed by atoms with Crippen LogP contribution in [0.4, 0.5) is 0 Å². The van der Waals surface area contributed by atoms with Gasteiger partial charge in [0, 0.05) is 34.9 Å². The highest BCUT2D eigenvalue weighted by Crippen LogP contribution is 2.34. The number of fused-ring (bicyclic) bond motifs is 2. The number of H-pyrrole nitrogens is 2. The summed E-state index contributed by atoms with van der Waals surface area (Å²) in [4.78, 5) is 16.6. The Labute approximate surface area is 171 Å². The van der Waals surface area contributed by atoms with Crippen molar-refractivity contribution >= 4 is 21.8 Å². The molecule has 0 aliphatic carbocycles. The molecule has 1 aromatic carbocycles. The maximum absolute atomic E-state index is 4.57. The molecule has 0 bridgehead atoms. The molecule has 6 aromatic rings. The Balaban J connectivity index is 1.52. The molecule has 0 unspecified atom stereocenters. The van der Waals surface area contributed by atoms with Crippen LogP contribution in [-0.4, -0.2) is 30.1 Å². The number of rotatable bonds is 3. The second-order valence-electron chi connectivity index (χ2n) is 7.09. The van der Waals surface area contributed by atoms with Crippen molar-refractivity contribution in [3.05, 3.63) is 85.5 Å². The number of benzene rings is 1. The monoisotopic (exact) mass is 388 g/mol. The topological polar surface area (TPSA) is 83.1 Å². The fourth-order valence-corrected chi connectivity index (χ4v) is 3.84. The molecule has 0 atom stereocenters. The Hall–Kier alpha value is -4.32. The summed E-state index contributed by atoms with van der Waals surface area (Å²) in [6.07, 6.45) is 7.21. The molecule has 30 heavy (non-hydrogen) atoms. The molecule has 0 aliphatic heterocycles. The maximum atomic E-state index is 4.57. The van der Waals surface area contributed by atoms with E-state index in [2.05, 4.69) is 54.4 Å². The van der Waals surface area contributed by atoms with Gasteiger partial charge in [0.25, 0.3) is 0 Å². The van der Waals surface area contributed by atoms with E-state index < -0.39 is 0 Å². The van der Waals surface area contributed by atoms with E-state index in [1.54, 1.807) is 12.4 Å². The minimum atomic E-state index is 0.819. The lowest BCUT2D eigenvalue weighted by Gasteiger charge is -2.02. The number of hydrogen-bond donors (Lipinski definition) is 2. The molecule has 0 radical (unpaired) electrons. The normalized spacial score (nSPS) is 11.3. The minimum Gasteiger partial charge on any atom is -0.353 e. The molecule has 6 nitrogen and oxygen atoms in total. The van der Waals surface area contributed by atoms with Gasteiger partial charge in [-0.3, -0.25) is 20.1 Å². The van der Waals surface area contributed by atoms with Crippen molar-refractivity contribution in [3.8, 4) is 33.9 Å². The Bertz CT molecular complexity index is 1480. The number of nitrogens with one attached hydrogen (secondary N) is 2. The quantitative estimate of drug-likeness (QED) is 0.435. The fourth-order valence-electron chi connectivity index (χ4n) is 3.84. The number of aromatic amines is 2. The van der Waals surface area contributed by atoms with E-state index in [1.807, 2.05) is 48.8 Å². The van der Waals surface area contributed by atoms with Crippen molar-refractivity contribution < 1.29 is 0 Å². The highest BCUT2D eigenvalue weighted by atomic mass is 15.1. The van der Waals surface area contributed by atoms with E-state index in [0.29, 0.717) is 0 Å². The summed E-state index contributed by atoms with van der Waals surface area (Å²) in [5.41, 5.74) is 7.72. The first-order valence-corrected chi connectivity index (χ1v) is 9.65. The van der Waals surface area contributed by atoms with E-state index in [4.69, 9.17) is 0 Å². The van der Waals surface area contributed by atoms with Crippen LogP contribution in [0.5, 0.6) is 0 Å². The molecule has 0 saturated heterocycles. The van der Waals surface area contributed by atoms with Gasteiger partial charge in [-0.2, -0.15) is 5.10 Å². The number of hydrogen-bond acceptors (Lipinski definition) is 4. The molecule has 5 heterocycles. The average Bonchev–Trinajstić information content (AvgIpc) is 3.43. The van der Waals surface area contributed by atoms with Crippen LogP contribution in [-0.2, 0) is 0 Å². The zero-order valence-corrected chi connectivity index (χ0v) is 15.9. The van der Waals surface area contributed by atoms with E-state index in [9.17, 15) is 0 Å². The van der Waals surface area contributed by atoms with E-state index in [1.165, 1.54) is 0 Å². The van der Waals surface area contributed by atoms with Gasteiger partial charge in [-0.1, -0.05) is 18.2 Å². The molecule has 0 saturated carbocycles. The molecular formula is C24H16N6. The first-order chi connectivity index (χ1) is 14.9. The third-order valence-electron chi connectivity index (χ3n) is 5.29. The van der Waals surface area contributed by atoms with E-state index in [0.717, 1.165) is 55.7 Å². The Kier molecular flexibility index (Phi) is 3.67. The summed E-state index contributed by atoms with van der Waals surface area (Å²) in [6.45, 7) is 0. The van der Waals surface area contributed by atoms with Crippen LogP contribution in [0.2, 0.25) is 0 Å². The van der Waals surface area contributed by atoms with Crippen molar-refractivity contribution in [2.75, 3.05) is 0 Å². The fraction of sp³-hybridized carbons (Fsp3) is 0. The van der Waals surface area contributed by atoms with Crippen LogP contribution in [0.25, 0.3) is 55.7 Å². The van der Waals surface area contributed by atoms with Crippen molar-refractivity contribution in [1.29, 1.82) is 0 Å². The highest BCUT2D eigenvalue weighted by molar-refractivity contribution is 6.01. The van der Waals surface area contributed by atoms with Gasteiger partial charge < -0.3 is 4.98 Å². The summed E-state index contributed by atoms with van der Waals surface area (Å²) in [6, 6.07) is 20.3. The van der Waals surface area contributed by atoms with Gasteiger partial charge in [0.1, 0.15) is 5.69 Å². The first-order valence-electron chi connectivity index (χ1n) is 9.65. The van der Waals surface area contributed by atoms with Crippen molar-refractivity contribution in [1.82, 2.24) is 30.1 Å². The largest absolute Gasteiger partial charge is 0.353 e. The molecule has 6 heteroatoms. The molecule has 5 aromatic heterocycles. The van der Waals surface area contributed by atoms with Crippen LogP contribution >= 0.6 is 0 Å². The van der Waals surface area contributed by atoms with Crippen molar-refractivity contribution in [2.24, 2.45) is 0 Å². The molecular weight excluding hydrogens is 372 g/mol. The molecule has 142 valence electrons. The smallest absolute Gasteiger partial charge is 0.116 e. The van der Waals surface area contributed by atoms with Crippen LogP contribution < -0.4 is 0 Å². The van der Waals surface area contributed by atoms with Gasteiger partial charge in [-0.25, -0.2) is 0 Å². The SMILES string of the molecule is c1ccc(-c2cc3c(-c4cc5c(-c6ccncc6)cccc5[nH]4)n[nH]c3cn2)nc1. The van der Waals surface area contributed by atoms with Gasteiger partial charge in [0.05, 0.1) is 28.8 Å². The third-order valence-corrected chi connectivity index (χ3v) is 5.29. The van der Waals surface area contributed by atoms with Gasteiger partial charge in [0.15, 0.2) is 0 Å². The average molecular weight is 388 g/mol. The Morgan fingerprint density at radius 2 is 1.63 bits per heavy atom. The van der Waals surface area contributed by atoms with Crippen LogP contribution in [0.3, 0.4) is 0 Å². The molecule has 0 fully saturated rings. The van der Waals surface area contributed by atoms with Gasteiger partial charge >= 0.3 is 0 Å². The third kappa shape index (κ3) is 2.66. The second kappa shape index (κ2) is 6.63. The standard InChI is InChI=1S/C24H16N6/c1-2-9-26-20(5-1)21-13-18-23(14-27-21)29-30-24(18)22-12-17-16(4-3-6-19(17)28-22)15-7-10-25-11-8-15/h1-14,28H,(H,29,30). The van der Waals surface area contributed by atoms with Crippen LogP contribution in [0.1, 0.15) is 0 Å². The van der Waals surface area contributed by atoms with E-state index in [-0.39, 0.29) is 0 Å². The van der Waals surface area contributed by atoms with E-state index >= 15 is 0 Å². The summed E-state index contributed by atoms with van der Waals surface area (Å²) >= 11 is 0. The number of aromatic nitrogens is 6. The van der Waals surface area contributed by atoms with Crippen LogP contribution in [0.15, 0.2) is 85.5 Å². The lowest BCUT2D eigenvalue weighted by molar-refractivity contribution is 1.11. The zero-order chi connectivity index (χ0) is 19.9. The lowest BCUT2D eigenvalue weighted by atomic mass is 10.0. The predicted octanol–water partition coefficient (Wildman–Crippen LogP) is 5.23. The van der Waals surface area contributed by atoms with Crippen molar-refractivity contribution in [3.63, 3.8) is 0 Å². The molecule has 0 amide bonds. The van der Waals surface area contributed by atoms with Crippen LogP contribution in [0, 0.1) is 0 Å². The van der Waals surface area contributed by atoms with Crippen molar-refractivity contribution in [2.45, 2.75) is 0 Å². The molecule has 6 rings (SSSR count). The van der Waals surface area contributed by atoms with Gasteiger partial charge in [0.2, 0.25) is 0 Å². The van der Waals surface area contributed by atoms with Gasteiger partial charge in [-0.15, -0.1) is 0 Å². The predicted molar refractivity (Wildman–Crippen MR) is 118 cm³/mol. The minimum absolute atomic E-state index is 0.819. The summed E-state index contributed by atoms with van der Waals surface area (Å²) in [5.74, 6) is 0. The molecule has 0 spiro atoms. The number of nitrogens with zero attached hydrogens (tertiary/aromatic N) is 4. The summed E-state index contributed by atoms with van der Waals surface area (Å²) in [7, 11) is 0. The molecule has 0 aliphatic rings. The number of pyridine rings is 3. The Morgan fingerprint density at radius 1 is 0.700 bits per heavy atom. The lowest BCUT2D eigenvalue weighted by Crippen LogP contribution is -1.86. The summed E-state index contributed by atoms with van der Waals surface area (Å²) < 4.78 is 0. The van der Waals surface area contributed by atoms with Gasteiger partial charge in [-0.05, 0) is 53.6 Å². The first kappa shape index (κ1) is 16.6. The maximum Gasteiger partial charge on any atom is 0.116 e. The highest BCUT2D eigenvalue weighted by Gasteiger charge is 2.14. The molecule has 2 N–H and O–H groups in total. The zero-order valence-electron chi connectivity index (χ0n) is 15.9. The second-order valence-corrected chi connectivity index (χ2v) is 7.09.